The number of fused-ring (bicyclic) bond motifs is 1. The molecule has 0 amide bonds. The average molecular weight is 302 g/mol. The number of hydrogen-bond acceptors (Lipinski definition) is 8. The summed E-state index contributed by atoms with van der Waals surface area (Å²) in [5.41, 5.74) is 2.79. The van der Waals surface area contributed by atoms with Gasteiger partial charge in [-0.1, -0.05) is 30.1 Å². The van der Waals surface area contributed by atoms with E-state index in [-0.39, 0.29) is 0 Å². The normalized spacial score (nSPS) is 23.2. The van der Waals surface area contributed by atoms with Gasteiger partial charge in [0.2, 0.25) is 0 Å². The molecular weight excluding hydrogens is 292 g/mol. The topological polar surface area (TPSA) is 64.7 Å². The largest absolute Gasteiger partial charge is 0.261 e. The zero-order valence-electron chi connectivity index (χ0n) is 10.3. The van der Waals surface area contributed by atoms with Gasteiger partial charge in [0, 0.05) is 28.2 Å². The molecule has 0 aromatic carbocycles. The van der Waals surface area contributed by atoms with Gasteiger partial charge in [0.1, 0.15) is 5.03 Å². The second kappa shape index (κ2) is 5.93. The minimum atomic E-state index is 0.690. The predicted octanol–water partition coefficient (Wildman–Crippen LogP) is 2.45. The van der Waals surface area contributed by atoms with Gasteiger partial charge in [0.05, 0.1) is 12.4 Å². The van der Waals surface area contributed by atoms with E-state index in [1.807, 2.05) is 16.9 Å². The molecule has 0 fully saturated rings. The minimum absolute atomic E-state index is 0.690. The molecule has 0 aromatic heterocycles. The third-order valence-corrected chi connectivity index (χ3v) is 3.93. The highest BCUT2D eigenvalue weighted by Gasteiger charge is 2.21. The first-order chi connectivity index (χ1) is 9.83. The molecular formula is C12H10N6S2. The molecule has 3 rings (SSSR count). The molecule has 3 aliphatic rings. The Morgan fingerprint density at radius 2 is 2.20 bits per heavy atom. The third kappa shape index (κ3) is 2.91. The molecule has 8 heteroatoms. The lowest BCUT2D eigenvalue weighted by atomic mass is 10.5. The van der Waals surface area contributed by atoms with E-state index >= 15 is 0 Å². The number of nitrogens with one attached hydrogen (secondary N) is 1. The fraction of sp³-hybridized carbons (Fsp3) is 0. The van der Waals surface area contributed by atoms with E-state index in [9.17, 15) is 0 Å². The van der Waals surface area contributed by atoms with E-state index in [1.165, 1.54) is 11.8 Å². The van der Waals surface area contributed by atoms with Crippen molar-refractivity contribution in [3.8, 4) is 0 Å². The SMILES string of the molecule is C=C(/C=C1\SC=C2N=CC=NN21)S/C=C1/N=CC=NN1. The highest BCUT2D eigenvalue weighted by molar-refractivity contribution is 8.07. The number of rotatable bonds is 3. The van der Waals surface area contributed by atoms with Crippen LogP contribution in [0.1, 0.15) is 0 Å². The maximum absolute atomic E-state index is 4.26. The summed E-state index contributed by atoms with van der Waals surface area (Å²) in [7, 11) is 0. The van der Waals surface area contributed by atoms with E-state index in [2.05, 4.69) is 32.2 Å². The molecule has 1 N–H and O–H groups in total. The Labute approximate surface area is 124 Å². The Morgan fingerprint density at radius 3 is 3.05 bits per heavy atom. The Hall–Kier alpha value is -2.06. The van der Waals surface area contributed by atoms with Crippen molar-refractivity contribution in [2.45, 2.75) is 0 Å². The Balaban J connectivity index is 1.63. The van der Waals surface area contributed by atoms with Crippen LogP contribution < -0.4 is 5.43 Å². The van der Waals surface area contributed by atoms with Crippen LogP contribution in [0.5, 0.6) is 0 Å². The van der Waals surface area contributed by atoms with E-state index < -0.39 is 0 Å². The minimum Gasteiger partial charge on any atom is -0.261 e. The van der Waals surface area contributed by atoms with Crippen molar-refractivity contribution in [3.63, 3.8) is 0 Å². The highest BCUT2D eigenvalue weighted by Crippen LogP contribution is 2.37. The third-order valence-electron chi connectivity index (χ3n) is 2.31. The fourth-order valence-electron chi connectivity index (χ4n) is 1.47. The van der Waals surface area contributed by atoms with Gasteiger partial charge in [-0.2, -0.15) is 10.2 Å². The van der Waals surface area contributed by atoms with Crippen LogP contribution in [0.15, 0.2) is 65.2 Å². The van der Waals surface area contributed by atoms with Crippen LogP contribution >= 0.6 is 23.5 Å². The number of hydrogen-bond donors (Lipinski definition) is 1. The van der Waals surface area contributed by atoms with Gasteiger partial charge in [-0.15, -0.1) is 0 Å². The van der Waals surface area contributed by atoms with Gasteiger partial charge in [0.15, 0.2) is 11.6 Å². The molecule has 3 heterocycles. The summed E-state index contributed by atoms with van der Waals surface area (Å²) in [6.07, 6.45) is 8.52. The van der Waals surface area contributed by atoms with Gasteiger partial charge in [-0.3, -0.25) is 5.43 Å². The quantitative estimate of drug-likeness (QED) is 0.869. The van der Waals surface area contributed by atoms with E-state index in [1.54, 1.807) is 41.6 Å². The number of aliphatic imine (C=N–C) groups is 2. The number of allylic oxidation sites excluding steroid dienone is 1. The number of nitrogens with zero attached hydrogens (tertiary/aromatic N) is 5. The first kappa shape index (κ1) is 12.9. The Bertz CT molecular complexity index is 638. The van der Waals surface area contributed by atoms with Crippen LogP contribution in [0.4, 0.5) is 0 Å². The van der Waals surface area contributed by atoms with Crippen LogP contribution in [-0.4, -0.2) is 29.9 Å². The molecule has 0 saturated heterocycles. The van der Waals surface area contributed by atoms with Crippen molar-refractivity contribution >= 4 is 48.4 Å². The molecule has 100 valence electrons. The second-order valence-corrected chi connectivity index (χ2v) is 5.57. The van der Waals surface area contributed by atoms with Crippen molar-refractivity contribution in [1.29, 1.82) is 0 Å². The van der Waals surface area contributed by atoms with Crippen LogP contribution in [0.25, 0.3) is 0 Å². The van der Waals surface area contributed by atoms with E-state index in [4.69, 9.17) is 0 Å². The molecule has 6 nitrogen and oxygen atoms in total. The Morgan fingerprint density at radius 1 is 1.30 bits per heavy atom. The van der Waals surface area contributed by atoms with Gasteiger partial charge in [-0.25, -0.2) is 15.0 Å². The van der Waals surface area contributed by atoms with Crippen molar-refractivity contribution < 1.29 is 0 Å². The van der Waals surface area contributed by atoms with Gasteiger partial charge < -0.3 is 0 Å². The summed E-state index contributed by atoms with van der Waals surface area (Å²) < 4.78 is 0. The summed E-state index contributed by atoms with van der Waals surface area (Å²) in [6.45, 7) is 4.01. The lowest BCUT2D eigenvalue weighted by molar-refractivity contribution is 0.489. The first-order valence-corrected chi connectivity index (χ1v) is 7.41. The summed E-state index contributed by atoms with van der Waals surface area (Å²) in [5.74, 6) is 1.52. The van der Waals surface area contributed by atoms with Crippen LogP contribution in [0.2, 0.25) is 0 Å². The molecule has 3 aliphatic heterocycles. The summed E-state index contributed by atoms with van der Waals surface area (Å²) in [5, 5.41) is 14.7. The van der Waals surface area contributed by atoms with Crippen molar-refractivity contribution in [3.05, 3.63) is 45.0 Å². The monoisotopic (exact) mass is 302 g/mol. The maximum Gasteiger partial charge on any atom is 0.161 e. The van der Waals surface area contributed by atoms with E-state index in [0.717, 1.165) is 15.8 Å². The molecule has 0 radical (unpaired) electrons. The zero-order chi connectivity index (χ0) is 13.8. The smallest absolute Gasteiger partial charge is 0.161 e. The molecule has 0 aromatic rings. The molecule has 0 aliphatic carbocycles. The molecule has 0 unspecified atom stereocenters. The molecule has 20 heavy (non-hydrogen) atoms. The van der Waals surface area contributed by atoms with Crippen molar-refractivity contribution in [2.24, 2.45) is 20.2 Å². The van der Waals surface area contributed by atoms with Gasteiger partial charge in [-0.05, 0) is 6.08 Å². The molecule has 0 atom stereocenters. The maximum atomic E-state index is 4.26. The number of hydrazone groups is 2. The van der Waals surface area contributed by atoms with Gasteiger partial charge >= 0.3 is 0 Å². The van der Waals surface area contributed by atoms with Gasteiger partial charge in [0.25, 0.3) is 0 Å². The molecule has 0 bridgehead atoms. The Kier molecular flexibility index (Phi) is 3.84. The summed E-state index contributed by atoms with van der Waals surface area (Å²) in [6, 6.07) is 0. The average Bonchev–Trinajstić information content (AvgIpc) is 2.90. The van der Waals surface area contributed by atoms with Crippen LogP contribution in [-0.2, 0) is 0 Å². The molecule has 0 saturated carbocycles. The number of thioether (sulfide) groups is 2. The van der Waals surface area contributed by atoms with Crippen molar-refractivity contribution in [1.82, 2.24) is 10.4 Å². The second-order valence-electron chi connectivity index (χ2n) is 3.69. The standard InChI is InChI=1S/C12H10N6S2/c1-9(19-7-10-13-2-4-15-17-10)6-12-18-11(8-20-12)14-3-5-16-18/h2-8,17H,1H2/b10-7-,12-6-. The highest BCUT2D eigenvalue weighted by atomic mass is 32.2. The predicted molar refractivity (Wildman–Crippen MR) is 87.5 cm³/mol. The molecule has 0 spiro atoms. The lowest BCUT2D eigenvalue weighted by Gasteiger charge is -2.16. The summed E-state index contributed by atoms with van der Waals surface area (Å²) >= 11 is 3.04. The lowest BCUT2D eigenvalue weighted by Crippen LogP contribution is -2.12. The van der Waals surface area contributed by atoms with Crippen LogP contribution in [0, 0.1) is 0 Å². The summed E-state index contributed by atoms with van der Waals surface area (Å²) in [4.78, 5) is 9.23. The first-order valence-electron chi connectivity index (χ1n) is 5.66. The van der Waals surface area contributed by atoms with Crippen molar-refractivity contribution in [2.75, 3.05) is 0 Å². The zero-order valence-corrected chi connectivity index (χ0v) is 11.9. The fourth-order valence-corrected chi connectivity index (χ4v) is 2.94. The van der Waals surface area contributed by atoms with E-state index in [0.29, 0.717) is 5.82 Å². The van der Waals surface area contributed by atoms with Crippen LogP contribution in [0.3, 0.4) is 0 Å².